The van der Waals surface area contributed by atoms with E-state index in [1.165, 1.54) is 0 Å². The van der Waals surface area contributed by atoms with E-state index in [2.05, 4.69) is 9.97 Å². The largest absolute Gasteiger partial charge is 0.389 e. The number of hydrogen-bond acceptors (Lipinski definition) is 4. The molecule has 0 radical (unpaired) electrons. The summed E-state index contributed by atoms with van der Waals surface area (Å²) in [6.45, 7) is 1.96. The number of hydrogen-bond donors (Lipinski definition) is 1. The van der Waals surface area contributed by atoms with Gasteiger partial charge in [0, 0.05) is 30.7 Å². The number of nitrogens with zero attached hydrogens (tertiary/aromatic N) is 3. The van der Waals surface area contributed by atoms with Gasteiger partial charge in [-0.25, -0.2) is 9.97 Å². The van der Waals surface area contributed by atoms with Crippen LogP contribution in [0, 0.1) is 6.92 Å². The van der Waals surface area contributed by atoms with Crippen LogP contribution < -0.4 is 10.6 Å². The topological polar surface area (TPSA) is 55.0 Å². The standard InChI is InChI=1S/C13H14N4S/c1-9-7-15-13(16-8-9)17(2)11-5-3-10(4-6-11)12(14)18/h3-8H,1-2H3,(H2,14,18). The van der Waals surface area contributed by atoms with E-state index in [-0.39, 0.29) is 0 Å². The van der Waals surface area contributed by atoms with E-state index >= 15 is 0 Å². The van der Waals surface area contributed by atoms with Gasteiger partial charge in [0.2, 0.25) is 5.95 Å². The summed E-state index contributed by atoms with van der Waals surface area (Å²) < 4.78 is 0. The van der Waals surface area contributed by atoms with Crippen molar-refractivity contribution in [3.8, 4) is 0 Å². The Balaban J connectivity index is 2.25. The first-order chi connectivity index (χ1) is 8.58. The Morgan fingerprint density at radius 1 is 1.17 bits per heavy atom. The van der Waals surface area contributed by atoms with Gasteiger partial charge < -0.3 is 10.6 Å². The van der Waals surface area contributed by atoms with Gasteiger partial charge >= 0.3 is 0 Å². The third-order valence-electron chi connectivity index (χ3n) is 2.61. The summed E-state index contributed by atoms with van der Waals surface area (Å²) >= 11 is 4.92. The van der Waals surface area contributed by atoms with Crippen LogP contribution >= 0.6 is 12.2 Å². The smallest absolute Gasteiger partial charge is 0.229 e. The van der Waals surface area contributed by atoms with Gasteiger partial charge in [-0.05, 0) is 36.8 Å². The van der Waals surface area contributed by atoms with E-state index in [0.29, 0.717) is 10.9 Å². The average molecular weight is 258 g/mol. The summed E-state index contributed by atoms with van der Waals surface area (Å²) in [7, 11) is 1.92. The summed E-state index contributed by atoms with van der Waals surface area (Å²) in [5.41, 5.74) is 8.44. The van der Waals surface area contributed by atoms with E-state index in [0.717, 1.165) is 16.8 Å². The van der Waals surface area contributed by atoms with Crippen molar-refractivity contribution in [2.75, 3.05) is 11.9 Å². The lowest BCUT2D eigenvalue weighted by atomic mass is 10.2. The second-order valence-electron chi connectivity index (χ2n) is 4.03. The van der Waals surface area contributed by atoms with Crippen LogP contribution in [0.15, 0.2) is 36.7 Å². The molecule has 0 spiro atoms. The molecule has 0 saturated carbocycles. The fourth-order valence-electron chi connectivity index (χ4n) is 1.52. The monoisotopic (exact) mass is 258 g/mol. The summed E-state index contributed by atoms with van der Waals surface area (Å²) in [5.74, 6) is 0.656. The van der Waals surface area contributed by atoms with Crippen LogP contribution in [0.4, 0.5) is 11.6 Å². The number of anilines is 2. The number of aromatic nitrogens is 2. The molecule has 18 heavy (non-hydrogen) atoms. The summed E-state index contributed by atoms with van der Waals surface area (Å²) in [4.78, 5) is 10.9. The van der Waals surface area contributed by atoms with Crippen molar-refractivity contribution in [1.82, 2.24) is 9.97 Å². The molecule has 2 N–H and O–H groups in total. The van der Waals surface area contributed by atoms with Gasteiger partial charge in [-0.2, -0.15) is 0 Å². The van der Waals surface area contributed by atoms with Crippen molar-refractivity contribution >= 4 is 28.8 Å². The molecule has 0 atom stereocenters. The highest BCUT2D eigenvalue weighted by Crippen LogP contribution is 2.20. The minimum atomic E-state index is 0.399. The predicted octanol–water partition coefficient (Wildman–Crippen LogP) is 2.19. The summed E-state index contributed by atoms with van der Waals surface area (Å²) in [6.07, 6.45) is 3.59. The van der Waals surface area contributed by atoms with Crippen molar-refractivity contribution < 1.29 is 0 Å². The Labute approximate surface area is 111 Å². The van der Waals surface area contributed by atoms with Crippen LogP contribution in [0.1, 0.15) is 11.1 Å². The fraction of sp³-hybridized carbons (Fsp3) is 0.154. The van der Waals surface area contributed by atoms with Crippen molar-refractivity contribution in [3.63, 3.8) is 0 Å². The van der Waals surface area contributed by atoms with Gasteiger partial charge in [0.1, 0.15) is 4.99 Å². The van der Waals surface area contributed by atoms with E-state index < -0.39 is 0 Å². The molecule has 0 unspecified atom stereocenters. The molecule has 0 aliphatic heterocycles. The molecule has 0 aliphatic carbocycles. The quantitative estimate of drug-likeness (QED) is 0.855. The zero-order chi connectivity index (χ0) is 13.1. The molecule has 1 aromatic heterocycles. The number of thiocarbonyl (C=S) groups is 1. The van der Waals surface area contributed by atoms with Crippen LogP contribution in [-0.4, -0.2) is 22.0 Å². The maximum atomic E-state index is 5.56. The van der Waals surface area contributed by atoms with Gasteiger partial charge in [0.25, 0.3) is 0 Å². The van der Waals surface area contributed by atoms with Crippen LogP contribution in [0.5, 0.6) is 0 Å². The van der Waals surface area contributed by atoms with Crippen LogP contribution in [0.2, 0.25) is 0 Å². The molecule has 0 fully saturated rings. The fourth-order valence-corrected chi connectivity index (χ4v) is 1.66. The molecule has 4 nitrogen and oxygen atoms in total. The third-order valence-corrected chi connectivity index (χ3v) is 2.84. The Morgan fingerprint density at radius 3 is 2.22 bits per heavy atom. The highest BCUT2D eigenvalue weighted by molar-refractivity contribution is 7.80. The second-order valence-corrected chi connectivity index (χ2v) is 4.47. The minimum Gasteiger partial charge on any atom is -0.389 e. The molecule has 2 rings (SSSR count). The molecule has 0 saturated heterocycles. The van der Waals surface area contributed by atoms with Gasteiger partial charge in [-0.3, -0.25) is 0 Å². The molecule has 0 amide bonds. The van der Waals surface area contributed by atoms with E-state index in [1.54, 1.807) is 12.4 Å². The molecule has 0 aliphatic rings. The van der Waals surface area contributed by atoms with Gasteiger partial charge in [0.05, 0.1) is 0 Å². The van der Waals surface area contributed by atoms with Crippen LogP contribution in [0.25, 0.3) is 0 Å². The number of aryl methyl sites for hydroxylation is 1. The summed E-state index contributed by atoms with van der Waals surface area (Å²) in [5, 5.41) is 0. The first-order valence-electron chi connectivity index (χ1n) is 5.50. The minimum absolute atomic E-state index is 0.399. The lowest BCUT2D eigenvalue weighted by Crippen LogP contribution is -2.14. The highest BCUT2D eigenvalue weighted by Gasteiger charge is 2.06. The predicted molar refractivity (Wildman–Crippen MR) is 77.2 cm³/mol. The van der Waals surface area contributed by atoms with Gasteiger partial charge in [0.15, 0.2) is 0 Å². The van der Waals surface area contributed by atoms with Gasteiger partial charge in [-0.1, -0.05) is 12.2 Å². The van der Waals surface area contributed by atoms with E-state index in [4.69, 9.17) is 18.0 Å². The Morgan fingerprint density at radius 2 is 1.72 bits per heavy atom. The molecule has 92 valence electrons. The van der Waals surface area contributed by atoms with Crippen LogP contribution in [-0.2, 0) is 0 Å². The van der Waals surface area contributed by atoms with Crippen molar-refractivity contribution in [2.24, 2.45) is 5.73 Å². The molecule has 2 aromatic rings. The Bertz CT molecular complexity index is 548. The summed E-state index contributed by atoms with van der Waals surface area (Å²) in [6, 6.07) is 7.67. The molecular weight excluding hydrogens is 244 g/mol. The normalized spacial score (nSPS) is 10.1. The average Bonchev–Trinajstić information content (AvgIpc) is 2.39. The van der Waals surface area contributed by atoms with Crippen molar-refractivity contribution in [2.45, 2.75) is 6.92 Å². The first kappa shape index (κ1) is 12.4. The number of nitrogens with two attached hydrogens (primary N) is 1. The molecular formula is C13H14N4S. The van der Waals surface area contributed by atoms with Gasteiger partial charge in [-0.15, -0.1) is 0 Å². The SMILES string of the molecule is Cc1cnc(N(C)c2ccc(C(N)=S)cc2)nc1. The zero-order valence-corrected chi connectivity index (χ0v) is 11.1. The molecule has 0 bridgehead atoms. The maximum Gasteiger partial charge on any atom is 0.229 e. The second kappa shape index (κ2) is 5.10. The molecule has 1 aromatic carbocycles. The zero-order valence-electron chi connectivity index (χ0n) is 10.3. The van der Waals surface area contributed by atoms with Crippen molar-refractivity contribution in [3.05, 3.63) is 47.8 Å². The maximum absolute atomic E-state index is 5.56. The Kier molecular flexibility index (Phi) is 3.53. The lowest BCUT2D eigenvalue weighted by Gasteiger charge is -2.17. The number of rotatable bonds is 3. The molecule has 5 heteroatoms. The molecule has 1 heterocycles. The Hall–Kier alpha value is -2.01. The lowest BCUT2D eigenvalue weighted by molar-refractivity contribution is 1.03. The third kappa shape index (κ3) is 2.62. The van der Waals surface area contributed by atoms with Crippen molar-refractivity contribution in [1.29, 1.82) is 0 Å². The van der Waals surface area contributed by atoms with E-state index in [1.807, 2.05) is 43.1 Å². The van der Waals surface area contributed by atoms with Crippen LogP contribution in [0.3, 0.4) is 0 Å². The van der Waals surface area contributed by atoms with E-state index in [9.17, 15) is 0 Å². The number of benzene rings is 1. The highest BCUT2D eigenvalue weighted by atomic mass is 32.1. The first-order valence-corrected chi connectivity index (χ1v) is 5.91.